The van der Waals surface area contributed by atoms with Gasteiger partial charge in [-0.1, -0.05) is 13.8 Å². The first-order valence-electron chi connectivity index (χ1n) is 7.32. The molecule has 0 amide bonds. The molecule has 0 saturated carbocycles. The molecule has 25 heavy (non-hydrogen) atoms. The minimum Gasteiger partial charge on any atom is -0.469 e. The van der Waals surface area contributed by atoms with Gasteiger partial charge < -0.3 is 4.74 Å². The SMILES string of the molecule is CCC(CC(=O)Cl)C(=O)Cl.CCCC(=O)Cl.COC(=O)CCC(=O)Cl. The molecular weight excluding hydrogens is 418 g/mol. The average Bonchev–Trinajstić information content (AvgIpc) is 2.50. The third kappa shape index (κ3) is 28.4. The van der Waals surface area contributed by atoms with Crippen molar-refractivity contribution in [3.8, 4) is 0 Å². The minimum atomic E-state index is -0.514. The van der Waals surface area contributed by atoms with Crippen LogP contribution in [0, 0.1) is 5.92 Å². The van der Waals surface area contributed by atoms with E-state index in [0.717, 1.165) is 6.42 Å². The van der Waals surface area contributed by atoms with Gasteiger partial charge in [0, 0.05) is 25.2 Å². The van der Waals surface area contributed by atoms with Gasteiger partial charge in [0.1, 0.15) is 0 Å². The van der Waals surface area contributed by atoms with Crippen LogP contribution in [0.4, 0.5) is 0 Å². The molecule has 10 heteroatoms. The second-order valence-electron chi connectivity index (χ2n) is 4.50. The van der Waals surface area contributed by atoms with Gasteiger partial charge in [0.25, 0.3) is 0 Å². The maximum absolute atomic E-state index is 10.5. The summed E-state index contributed by atoms with van der Waals surface area (Å²) in [6, 6.07) is 0. The number of carbonyl (C=O) groups excluding carboxylic acids is 5. The largest absolute Gasteiger partial charge is 0.469 e. The van der Waals surface area contributed by atoms with E-state index < -0.39 is 27.6 Å². The van der Waals surface area contributed by atoms with Gasteiger partial charge in [-0.2, -0.15) is 0 Å². The Hall–Kier alpha value is -0.690. The van der Waals surface area contributed by atoms with Crippen molar-refractivity contribution < 1.29 is 28.7 Å². The lowest BCUT2D eigenvalue weighted by atomic mass is 10.1. The number of halogens is 4. The predicted molar refractivity (Wildman–Crippen MR) is 98.0 cm³/mol. The maximum Gasteiger partial charge on any atom is 0.305 e. The molecule has 0 aromatic heterocycles. The molecular formula is C15H22Cl4O6. The molecule has 0 spiro atoms. The first-order chi connectivity index (χ1) is 11.5. The highest BCUT2D eigenvalue weighted by Crippen LogP contribution is 2.13. The smallest absolute Gasteiger partial charge is 0.305 e. The van der Waals surface area contributed by atoms with Crippen molar-refractivity contribution in [3.63, 3.8) is 0 Å². The molecule has 0 radical (unpaired) electrons. The molecule has 1 unspecified atom stereocenters. The predicted octanol–water partition coefficient (Wildman–Crippen LogP) is 4.19. The summed E-state index contributed by atoms with van der Waals surface area (Å²) in [5.41, 5.74) is 0. The van der Waals surface area contributed by atoms with Gasteiger partial charge in [-0.3, -0.25) is 24.0 Å². The van der Waals surface area contributed by atoms with Crippen LogP contribution in [-0.4, -0.2) is 34.0 Å². The lowest BCUT2D eigenvalue weighted by Gasteiger charge is -2.03. The van der Waals surface area contributed by atoms with E-state index in [9.17, 15) is 24.0 Å². The van der Waals surface area contributed by atoms with E-state index in [-0.39, 0.29) is 24.5 Å². The highest BCUT2D eigenvalue weighted by molar-refractivity contribution is 6.66. The Morgan fingerprint density at radius 1 is 0.800 bits per heavy atom. The summed E-state index contributed by atoms with van der Waals surface area (Å²) in [4.78, 5) is 50.9. The number of carbonyl (C=O) groups is 5. The Morgan fingerprint density at radius 2 is 1.28 bits per heavy atom. The summed E-state index contributed by atoms with van der Waals surface area (Å²) in [5.74, 6) is -0.823. The molecule has 0 aromatic rings. The van der Waals surface area contributed by atoms with E-state index in [4.69, 9.17) is 46.4 Å². The first-order valence-corrected chi connectivity index (χ1v) is 8.83. The number of ether oxygens (including phenoxy) is 1. The van der Waals surface area contributed by atoms with Gasteiger partial charge in [0.05, 0.1) is 13.5 Å². The fourth-order valence-electron chi connectivity index (χ4n) is 1.08. The maximum atomic E-state index is 10.5. The number of methoxy groups -OCH3 is 1. The van der Waals surface area contributed by atoms with Crippen LogP contribution in [0.15, 0.2) is 0 Å². The second kappa shape index (κ2) is 19.6. The van der Waals surface area contributed by atoms with Crippen LogP contribution in [0.25, 0.3) is 0 Å². The zero-order chi connectivity index (χ0) is 20.4. The molecule has 0 heterocycles. The number of hydrogen-bond acceptors (Lipinski definition) is 6. The molecule has 0 bridgehead atoms. The normalized spacial score (nSPS) is 10.2. The van der Waals surface area contributed by atoms with E-state index in [2.05, 4.69) is 4.74 Å². The Morgan fingerprint density at radius 3 is 1.44 bits per heavy atom. The average molecular weight is 440 g/mol. The van der Waals surface area contributed by atoms with E-state index in [0.29, 0.717) is 12.8 Å². The van der Waals surface area contributed by atoms with Crippen LogP contribution in [0.1, 0.15) is 52.4 Å². The lowest BCUT2D eigenvalue weighted by molar-refractivity contribution is -0.141. The quantitative estimate of drug-likeness (QED) is 0.394. The van der Waals surface area contributed by atoms with Crippen LogP contribution in [0.3, 0.4) is 0 Å². The van der Waals surface area contributed by atoms with Crippen molar-refractivity contribution >= 4 is 73.3 Å². The van der Waals surface area contributed by atoms with Gasteiger partial charge in [-0.15, -0.1) is 0 Å². The fraction of sp³-hybridized carbons (Fsp3) is 0.667. The summed E-state index contributed by atoms with van der Waals surface area (Å²) in [6.45, 7) is 3.70. The van der Waals surface area contributed by atoms with Gasteiger partial charge in [0.15, 0.2) is 0 Å². The summed E-state index contributed by atoms with van der Waals surface area (Å²) >= 11 is 20.1. The monoisotopic (exact) mass is 438 g/mol. The first kappa shape index (κ1) is 29.1. The third-order valence-electron chi connectivity index (χ3n) is 2.42. The molecule has 0 rings (SSSR count). The zero-order valence-electron chi connectivity index (χ0n) is 14.3. The fourth-order valence-corrected chi connectivity index (χ4v) is 1.78. The summed E-state index contributed by atoms with van der Waals surface area (Å²) < 4.78 is 4.25. The topological polar surface area (TPSA) is 94.6 Å². The Bertz CT molecular complexity index is 440. The lowest BCUT2D eigenvalue weighted by Crippen LogP contribution is -2.10. The number of hydrogen-bond donors (Lipinski definition) is 0. The number of esters is 1. The van der Waals surface area contributed by atoms with Crippen LogP contribution < -0.4 is 0 Å². The molecule has 0 aliphatic carbocycles. The highest BCUT2D eigenvalue weighted by Gasteiger charge is 2.16. The molecule has 1 atom stereocenters. The molecule has 0 saturated heterocycles. The Kier molecular flexibility index (Phi) is 22.8. The van der Waals surface area contributed by atoms with Gasteiger partial charge in [-0.25, -0.2) is 0 Å². The van der Waals surface area contributed by atoms with Crippen LogP contribution >= 0.6 is 46.4 Å². The van der Waals surface area contributed by atoms with Crippen molar-refractivity contribution in [1.29, 1.82) is 0 Å². The van der Waals surface area contributed by atoms with E-state index >= 15 is 0 Å². The zero-order valence-corrected chi connectivity index (χ0v) is 17.3. The standard InChI is InChI=1S/C6H8Cl2O2.C5H7ClO3.C4H7ClO/c1-2-4(6(8)10)3-5(7)9;1-9-5(8)3-2-4(6)7;1-2-3-4(5)6/h4H,2-3H2,1H3;2-3H2,1H3;2-3H2,1H3. The van der Waals surface area contributed by atoms with Gasteiger partial charge in [-0.05, 0) is 59.2 Å². The van der Waals surface area contributed by atoms with Gasteiger partial charge in [0.2, 0.25) is 21.0 Å². The highest BCUT2D eigenvalue weighted by atomic mass is 35.5. The van der Waals surface area contributed by atoms with E-state index in [1.807, 2.05) is 6.92 Å². The second-order valence-corrected chi connectivity index (χ2v) is 6.14. The number of rotatable bonds is 9. The van der Waals surface area contributed by atoms with Crippen molar-refractivity contribution in [1.82, 2.24) is 0 Å². The van der Waals surface area contributed by atoms with Crippen molar-refractivity contribution in [2.45, 2.75) is 52.4 Å². The van der Waals surface area contributed by atoms with E-state index in [1.54, 1.807) is 6.92 Å². The molecule has 146 valence electrons. The molecule has 0 fully saturated rings. The molecule has 0 aliphatic rings. The summed E-state index contributed by atoms with van der Waals surface area (Å²) in [7, 11) is 1.26. The molecule has 6 nitrogen and oxygen atoms in total. The van der Waals surface area contributed by atoms with Crippen molar-refractivity contribution in [2.75, 3.05) is 7.11 Å². The molecule has 0 N–H and O–H groups in total. The third-order valence-corrected chi connectivity index (χ3v) is 3.26. The van der Waals surface area contributed by atoms with Crippen LogP contribution in [-0.2, 0) is 28.7 Å². The van der Waals surface area contributed by atoms with Gasteiger partial charge >= 0.3 is 5.97 Å². The van der Waals surface area contributed by atoms with Crippen LogP contribution in [0.5, 0.6) is 0 Å². The summed E-state index contributed by atoms with van der Waals surface area (Å²) in [5, 5.41) is -1.75. The summed E-state index contributed by atoms with van der Waals surface area (Å²) in [6.07, 6.45) is 2.07. The Balaban J connectivity index is -0.000000300. The van der Waals surface area contributed by atoms with Crippen LogP contribution in [0.2, 0.25) is 0 Å². The molecule has 0 aromatic carbocycles. The van der Waals surface area contributed by atoms with Crippen molar-refractivity contribution in [2.24, 2.45) is 5.92 Å². The van der Waals surface area contributed by atoms with E-state index in [1.165, 1.54) is 7.11 Å². The van der Waals surface area contributed by atoms with Crippen molar-refractivity contribution in [3.05, 3.63) is 0 Å². The Labute approximate surface area is 167 Å². The minimum absolute atomic E-state index is 0.0421. The molecule has 0 aliphatic heterocycles.